The number of carbonyl (C=O) groups is 1. The first-order valence-electron chi connectivity index (χ1n) is 10.9. The third-order valence-corrected chi connectivity index (χ3v) is 5.71. The third kappa shape index (κ3) is 6.07. The second kappa shape index (κ2) is 11.4. The van der Waals surface area contributed by atoms with Crippen LogP contribution in [0.5, 0.6) is 5.75 Å². The van der Waals surface area contributed by atoms with E-state index in [0.29, 0.717) is 67.6 Å². The van der Waals surface area contributed by atoms with E-state index in [0.717, 1.165) is 10.2 Å². The van der Waals surface area contributed by atoms with Crippen molar-refractivity contribution in [3.05, 3.63) is 59.1 Å². The van der Waals surface area contributed by atoms with Crippen LogP contribution in [0.1, 0.15) is 6.92 Å². The van der Waals surface area contributed by atoms with E-state index < -0.39 is 11.7 Å². The lowest BCUT2D eigenvalue weighted by atomic mass is 10.1. The maximum Gasteiger partial charge on any atom is 0.284 e. The molecule has 3 aromatic rings. The Hall–Kier alpha value is -3.08. The molecule has 0 radical (unpaired) electrons. The summed E-state index contributed by atoms with van der Waals surface area (Å²) in [6.45, 7) is 5.17. The van der Waals surface area contributed by atoms with Crippen molar-refractivity contribution < 1.29 is 18.7 Å². The van der Waals surface area contributed by atoms with Crippen LogP contribution in [0.15, 0.2) is 59.1 Å². The zero-order chi connectivity index (χ0) is 23.9. The molecular formula is C24H25BrFN5O3. The van der Waals surface area contributed by atoms with Crippen molar-refractivity contribution in [1.82, 2.24) is 14.9 Å². The van der Waals surface area contributed by atoms with Crippen molar-refractivity contribution in [3.63, 3.8) is 0 Å². The minimum atomic E-state index is -0.856. The number of ether oxygens (including phenoxy) is 2. The number of halogens is 2. The molecule has 0 aliphatic carbocycles. The quantitative estimate of drug-likeness (QED) is 0.410. The minimum Gasteiger partial charge on any atom is -0.492 e. The maximum absolute atomic E-state index is 14.6. The van der Waals surface area contributed by atoms with Crippen LogP contribution >= 0.6 is 15.9 Å². The molecule has 0 unspecified atom stereocenters. The van der Waals surface area contributed by atoms with Crippen LogP contribution in [0, 0.1) is 0 Å². The largest absolute Gasteiger partial charge is 0.492 e. The van der Waals surface area contributed by atoms with Crippen LogP contribution in [0.25, 0.3) is 10.9 Å². The molecule has 1 amide bonds. The monoisotopic (exact) mass is 529 g/mol. The number of carbonyl (C=O) groups excluding carboxylic acids is 1. The van der Waals surface area contributed by atoms with Crippen LogP contribution in [-0.4, -0.2) is 60.2 Å². The van der Waals surface area contributed by atoms with E-state index in [-0.39, 0.29) is 0 Å². The number of hydrogen-bond acceptors (Lipinski definition) is 7. The van der Waals surface area contributed by atoms with Gasteiger partial charge in [-0.25, -0.2) is 14.4 Å². The Kier molecular flexibility index (Phi) is 8.04. The Bertz CT molecular complexity index is 1200. The van der Waals surface area contributed by atoms with Gasteiger partial charge in [-0.05, 0) is 37.3 Å². The summed E-state index contributed by atoms with van der Waals surface area (Å²) in [5.41, 5.74) is 1.78. The van der Waals surface area contributed by atoms with Gasteiger partial charge in [-0.3, -0.25) is 9.69 Å². The van der Waals surface area contributed by atoms with Gasteiger partial charge < -0.3 is 20.1 Å². The number of rotatable bonds is 8. The van der Waals surface area contributed by atoms with Gasteiger partial charge in [-0.2, -0.15) is 0 Å². The Labute approximate surface area is 205 Å². The molecule has 0 atom stereocenters. The molecule has 1 fully saturated rings. The summed E-state index contributed by atoms with van der Waals surface area (Å²) in [7, 11) is 0. The minimum absolute atomic E-state index is 0.335. The molecular weight excluding hydrogens is 505 g/mol. The highest BCUT2D eigenvalue weighted by atomic mass is 79.9. The average molecular weight is 530 g/mol. The molecule has 1 saturated heterocycles. The summed E-state index contributed by atoms with van der Waals surface area (Å²) in [5, 5.41) is 6.55. The Balaban J connectivity index is 1.59. The van der Waals surface area contributed by atoms with Crippen molar-refractivity contribution in [3.8, 4) is 5.75 Å². The molecule has 8 nitrogen and oxygen atoms in total. The van der Waals surface area contributed by atoms with Crippen LogP contribution in [0.2, 0.25) is 0 Å². The topological polar surface area (TPSA) is 88.6 Å². The van der Waals surface area contributed by atoms with E-state index in [1.54, 1.807) is 12.1 Å². The molecule has 2 heterocycles. The number of aromatic nitrogens is 2. The number of morpholine rings is 1. The molecule has 0 bridgehead atoms. The normalized spacial score (nSPS) is 14.7. The Morgan fingerprint density at radius 1 is 1.26 bits per heavy atom. The summed E-state index contributed by atoms with van der Waals surface area (Å²) >= 11 is 3.46. The summed E-state index contributed by atoms with van der Waals surface area (Å²) in [5.74, 6) is -0.751. The number of nitrogens with zero attached hydrogens (tertiary/aromatic N) is 3. The predicted octanol–water partition coefficient (Wildman–Crippen LogP) is 4.66. The van der Waals surface area contributed by atoms with Crippen molar-refractivity contribution >= 4 is 49.9 Å². The molecule has 0 saturated carbocycles. The fraction of sp³-hybridized carbons (Fsp3) is 0.292. The zero-order valence-electron chi connectivity index (χ0n) is 18.7. The second-order valence-corrected chi connectivity index (χ2v) is 8.49. The van der Waals surface area contributed by atoms with Crippen molar-refractivity contribution in [2.45, 2.75) is 6.92 Å². The first-order valence-corrected chi connectivity index (χ1v) is 11.7. The van der Waals surface area contributed by atoms with Crippen molar-refractivity contribution in [2.75, 3.05) is 50.1 Å². The van der Waals surface area contributed by atoms with Crippen LogP contribution in [-0.2, 0) is 9.53 Å². The number of amides is 1. The van der Waals surface area contributed by atoms with E-state index in [1.165, 1.54) is 12.4 Å². The van der Waals surface area contributed by atoms with E-state index in [1.807, 2.05) is 36.1 Å². The number of fused-ring (bicyclic) bond motifs is 1. The number of anilines is 3. The van der Waals surface area contributed by atoms with Gasteiger partial charge in [0.15, 0.2) is 5.83 Å². The molecule has 1 aliphatic heterocycles. The first-order chi connectivity index (χ1) is 16.5. The van der Waals surface area contributed by atoms with Crippen LogP contribution in [0.4, 0.5) is 21.6 Å². The highest BCUT2D eigenvalue weighted by molar-refractivity contribution is 9.10. The van der Waals surface area contributed by atoms with E-state index in [4.69, 9.17) is 9.47 Å². The summed E-state index contributed by atoms with van der Waals surface area (Å²) in [6.07, 6.45) is 2.73. The first kappa shape index (κ1) is 24.1. The van der Waals surface area contributed by atoms with Gasteiger partial charge in [-0.15, -0.1) is 0 Å². The fourth-order valence-corrected chi connectivity index (χ4v) is 3.93. The highest BCUT2D eigenvalue weighted by Crippen LogP contribution is 2.34. The van der Waals surface area contributed by atoms with Gasteiger partial charge in [0.25, 0.3) is 5.91 Å². The van der Waals surface area contributed by atoms with Gasteiger partial charge in [0.1, 0.15) is 17.9 Å². The van der Waals surface area contributed by atoms with Gasteiger partial charge in [0, 0.05) is 41.2 Å². The molecule has 10 heteroatoms. The van der Waals surface area contributed by atoms with Crippen LogP contribution < -0.4 is 15.4 Å². The number of benzene rings is 2. The van der Waals surface area contributed by atoms with E-state index in [9.17, 15) is 9.18 Å². The summed E-state index contributed by atoms with van der Waals surface area (Å²) in [4.78, 5) is 23.3. The van der Waals surface area contributed by atoms with Gasteiger partial charge in [0.05, 0.1) is 31.0 Å². The number of nitrogens with one attached hydrogen (secondary N) is 2. The van der Waals surface area contributed by atoms with E-state index >= 15 is 0 Å². The fourth-order valence-electron chi connectivity index (χ4n) is 3.53. The lowest BCUT2D eigenvalue weighted by molar-refractivity contribution is -0.114. The highest BCUT2D eigenvalue weighted by Gasteiger charge is 2.17. The molecule has 1 aliphatic rings. The standard InChI is InChI=1S/C24H25BrFN5O3/c1-2-34-22-14-20-18(23(28-15-27-20)29-17-5-3-4-16(25)12-17)13-21(22)30-24(32)19(26)6-7-31-8-10-33-11-9-31/h3-6,12-15H,2,7-11H2,1H3,(H,30,32)(H,27,28,29)/b19-6-. The zero-order valence-corrected chi connectivity index (χ0v) is 20.3. The predicted molar refractivity (Wildman–Crippen MR) is 133 cm³/mol. The summed E-state index contributed by atoms with van der Waals surface area (Å²) in [6, 6.07) is 11.0. The average Bonchev–Trinajstić information content (AvgIpc) is 2.84. The van der Waals surface area contributed by atoms with Gasteiger partial charge >= 0.3 is 0 Å². The Morgan fingerprint density at radius 3 is 2.85 bits per heavy atom. The maximum atomic E-state index is 14.6. The number of hydrogen-bond donors (Lipinski definition) is 2. The van der Waals surface area contributed by atoms with Crippen molar-refractivity contribution in [2.24, 2.45) is 0 Å². The SMILES string of the molecule is CCOc1cc2ncnc(Nc3cccc(Br)c3)c2cc1NC(=O)/C(F)=C/CN1CCOCC1. The van der Waals surface area contributed by atoms with Crippen LogP contribution in [0.3, 0.4) is 0 Å². The molecule has 4 rings (SSSR count). The molecule has 1 aromatic heterocycles. The Morgan fingerprint density at radius 2 is 2.09 bits per heavy atom. The summed E-state index contributed by atoms with van der Waals surface area (Å²) < 4.78 is 26.5. The smallest absolute Gasteiger partial charge is 0.284 e. The van der Waals surface area contributed by atoms with Crippen molar-refractivity contribution in [1.29, 1.82) is 0 Å². The second-order valence-electron chi connectivity index (χ2n) is 7.58. The van der Waals surface area contributed by atoms with Gasteiger partial charge in [-0.1, -0.05) is 22.0 Å². The molecule has 0 spiro atoms. The van der Waals surface area contributed by atoms with E-state index in [2.05, 4.69) is 36.5 Å². The molecule has 2 N–H and O–H groups in total. The molecule has 2 aromatic carbocycles. The lowest BCUT2D eigenvalue weighted by Crippen LogP contribution is -2.36. The third-order valence-electron chi connectivity index (χ3n) is 5.22. The molecule has 178 valence electrons. The lowest BCUT2D eigenvalue weighted by Gasteiger charge is -2.25. The molecule has 34 heavy (non-hydrogen) atoms. The van der Waals surface area contributed by atoms with Gasteiger partial charge in [0.2, 0.25) is 0 Å².